The van der Waals surface area contributed by atoms with Gasteiger partial charge in [-0.2, -0.15) is 0 Å². The number of carbonyl (C=O) groups excluding carboxylic acids is 1. The molecule has 0 spiro atoms. The summed E-state index contributed by atoms with van der Waals surface area (Å²) in [4.78, 5) is 26.0. The van der Waals surface area contributed by atoms with Crippen LogP contribution in [0.1, 0.15) is 47.0 Å². The molecule has 0 bridgehead atoms. The first-order valence-corrected chi connectivity index (χ1v) is 12.7. The summed E-state index contributed by atoms with van der Waals surface area (Å²) in [7, 11) is 1.68. The number of allylic oxidation sites excluding steroid dienone is 3. The van der Waals surface area contributed by atoms with Crippen molar-refractivity contribution in [3.8, 4) is 0 Å². The summed E-state index contributed by atoms with van der Waals surface area (Å²) in [6.45, 7) is 9.48. The Bertz CT molecular complexity index is 884. The largest absolute Gasteiger partial charge is 0.498 e. The van der Waals surface area contributed by atoms with Gasteiger partial charge in [0.1, 0.15) is 0 Å². The van der Waals surface area contributed by atoms with E-state index in [1.54, 1.807) is 31.9 Å². The van der Waals surface area contributed by atoms with Crippen LogP contribution in [-0.2, 0) is 16.6 Å². The highest BCUT2D eigenvalue weighted by Gasteiger charge is 2.11. The summed E-state index contributed by atoms with van der Waals surface area (Å²) in [5.74, 6) is 2.33. The van der Waals surface area contributed by atoms with Gasteiger partial charge >= 0.3 is 0 Å². The maximum absolute atomic E-state index is 10.5. The number of hydrogen-bond donors (Lipinski definition) is 2. The van der Waals surface area contributed by atoms with Crippen molar-refractivity contribution < 1.29 is 9.53 Å². The van der Waals surface area contributed by atoms with Gasteiger partial charge in [0.15, 0.2) is 0 Å². The molecule has 5 heterocycles. The zero-order valence-electron chi connectivity index (χ0n) is 21.1. The summed E-state index contributed by atoms with van der Waals surface area (Å²) in [6.07, 6.45) is 22.3. The van der Waals surface area contributed by atoms with Crippen molar-refractivity contribution in [1.82, 2.24) is 20.2 Å². The molecule has 0 saturated heterocycles. The van der Waals surface area contributed by atoms with Crippen molar-refractivity contribution in [3.63, 3.8) is 0 Å². The fraction of sp³-hybridized carbons (Fsp3) is 0.500. The Morgan fingerprint density at radius 2 is 1.94 bits per heavy atom. The number of nitrogens with zero attached hydrogens (tertiary/aromatic N) is 2. The smallest absolute Gasteiger partial charge is 0.268 e. The number of aromatic nitrogens is 2. The molecule has 0 fully saturated rings. The first-order valence-electron chi connectivity index (χ1n) is 11.7. The molecule has 1 aromatic heterocycles. The molecule has 2 N–H and O–H groups in total. The third-order valence-electron chi connectivity index (χ3n) is 4.93. The first kappa shape index (κ1) is 29.3. The van der Waals surface area contributed by atoms with E-state index in [4.69, 9.17) is 4.74 Å². The number of aryl methyl sites for hydroxylation is 1. The Morgan fingerprint density at radius 3 is 2.18 bits per heavy atom. The lowest BCUT2D eigenvalue weighted by Crippen LogP contribution is -2.18. The highest BCUT2D eigenvalue weighted by molar-refractivity contribution is 8.03. The molecule has 34 heavy (non-hydrogen) atoms. The van der Waals surface area contributed by atoms with Crippen molar-refractivity contribution in [2.75, 3.05) is 12.3 Å². The van der Waals surface area contributed by atoms with Crippen LogP contribution in [0.25, 0.3) is 0 Å². The van der Waals surface area contributed by atoms with Gasteiger partial charge in [0.25, 0.3) is 5.56 Å². The minimum atomic E-state index is -0.0764. The van der Waals surface area contributed by atoms with Crippen molar-refractivity contribution >= 4 is 17.7 Å². The Morgan fingerprint density at radius 1 is 1.15 bits per heavy atom. The number of hydrogen-bond acceptors (Lipinski definition) is 6. The van der Waals surface area contributed by atoms with Gasteiger partial charge in [-0.05, 0) is 49.8 Å². The van der Waals surface area contributed by atoms with Crippen LogP contribution >= 0.6 is 11.8 Å². The highest BCUT2D eigenvalue weighted by atomic mass is 32.2. The van der Waals surface area contributed by atoms with E-state index >= 15 is 0 Å². The molecule has 7 nitrogen and oxygen atoms in total. The van der Waals surface area contributed by atoms with Gasteiger partial charge in [-0.1, -0.05) is 32.1 Å². The molecule has 188 valence electrons. The summed E-state index contributed by atoms with van der Waals surface area (Å²) < 4.78 is 6.44. The normalized spacial score (nSPS) is 23.1. The Labute approximate surface area is 208 Å². The van der Waals surface area contributed by atoms with Crippen LogP contribution in [0, 0.1) is 11.8 Å². The number of thioether (sulfide) groups is 1. The Kier molecular flexibility index (Phi) is 15.2. The van der Waals surface area contributed by atoms with Gasteiger partial charge in [-0.25, -0.2) is 0 Å². The molecule has 4 aliphatic heterocycles. The second-order valence-electron chi connectivity index (χ2n) is 8.34. The van der Waals surface area contributed by atoms with E-state index in [0.29, 0.717) is 6.10 Å². The predicted octanol–water partition coefficient (Wildman–Crippen LogP) is 4.51. The van der Waals surface area contributed by atoms with Crippen LogP contribution in [0.5, 0.6) is 0 Å². The van der Waals surface area contributed by atoms with E-state index in [2.05, 4.69) is 48.5 Å². The van der Waals surface area contributed by atoms with E-state index in [0.717, 1.165) is 18.9 Å². The lowest BCUT2D eigenvalue weighted by atomic mass is 10.1. The third-order valence-corrected chi connectivity index (χ3v) is 5.99. The van der Waals surface area contributed by atoms with Crippen LogP contribution in [0.2, 0.25) is 0 Å². The SMILES string of the molecule is CC1=CCCS1.C[C@@H]1CC=CNC1.C[C@H]1C=CNC1=O.C[C@H]1CC=CO1.Cn1ccncc1=O. The fourth-order valence-corrected chi connectivity index (χ4v) is 3.47. The van der Waals surface area contributed by atoms with Gasteiger partial charge in [0, 0.05) is 44.4 Å². The van der Waals surface area contributed by atoms with Gasteiger partial charge in [-0.3, -0.25) is 14.6 Å². The quantitative estimate of drug-likeness (QED) is 0.559. The Hall–Kier alpha value is -2.74. The van der Waals surface area contributed by atoms with Crippen LogP contribution in [0.15, 0.2) is 71.3 Å². The molecule has 0 saturated carbocycles. The minimum absolute atomic E-state index is 0.0764. The van der Waals surface area contributed by atoms with E-state index in [-0.39, 0.29) is 17.4 Å². The fourth-order valence-electron chi connectivity index (χ4n) is 2.67. The van der Waals surface area contributed by atoms with Gasteiger partial charge in [0.2, 0.25) is 5.91 Å². The Balaban J connectivity index is 0.000000213. The van der Waals surface area contributed by atoms with E-state index in [9.17, 15) is 9.59 Å². The minimum Gasteiger partial charge on any atom is -0.498 e. The van der Waals surface area contributed by atoms with Crippen molar-refractivity contribution in [1.29, 1.82) is 0 Å². The van der Waals surface area contributed by atoms with Crippen molar-refractivity contribution in [2.24, 2.45) is 18.9 Å². The summed E-state index contributed by atoms with van der Waals surface area (Å²) in [5.41, 5.74) is -0.0764. The molecule has 8 heteroatoms. The predicted molar refractivity (Wildman–Crippen MR) is 142 cm³/mol. The standard InChI is InChI=1S/C6H11N.C5H6N2O.C5H7NO.C5H8O.C5H8S/c1-6-3-2-4-7-5-6;1-7-3-2-6-4-5(7)8;1-4-2-3-6-5(4)7;2*1-5-3-2-4-6-5/h2,4,6-7H,3,5H2,1H3;2-4H,1H3;2-4H,1H3,(H,6,7);2,4-5H,3H2,1H3;3H,2,4H2,1H3/t6-;;4-;5-;/m1.00./s1. The van der Waals surface area contributed by atoms with Crippen molar-refractivity contribution in [3.05, 3.63) is 76.8 Å². The zero-order chi connectivity index (χ0) is 25.2. The second-order valence-corrected chi connectivity index (χ2v) is 9.68. The number of rotatable bonds is 0. The molecule has 0 aromatic carbocycles. The van der Waals surface area contributed by atoms with Crippen LogP contribution in [0.3, 0.4) is 0 Å². The average molecular weight is 489 g/mol. The lowest BCUT2D eigenvalue weighted by molar-refractivity contribution is -0.121. The molecule has 3 atom stereocenters. The maximum atomic E-state index is 10.5. The molecule has 0 radical (unpaired) electrons. The van der Waals surface area contributed by atoms with Gasteiger partial charge in [-0.15, -0.1) is 11.8 Å². The maximum Gasteiger partial charge on any atom is 0.268 e. The number of nitrogens with one attached hydrogen (secondary N) is 2. The third kappa shape index (κ3) is 14.4. The van der Waals surface area contributed by atoms with Crippen molar-refractivity contribution in [2.45, 2.75) is 53.1 Å². The summed E-state index contributed by atoms with van der Waals surface area (Å²) in [5, 5.41) is 5.70. The van der Waals surface area contributed by atoms with Gasteiger partial charge in [0.05, 0.1) is 24.5 Å². The van der Waals surface area contributed by atoms with Crippen LogP contribution in [-0.4, -0.2) is 33.9 Å². The topological polar surface area (TPSA) is 85.2 Å². The second kappa shape index (κ2) is 17.7. The molecule has 5 rings (SSSR count). The van der Waals surface area contributed by atoms with E-state index < -0.39 is 0 Å². The summed E-state index contributed by atoms with van der Waals surface area (Å²) in [6, 6.07) is 0. The lowest BCUT2D eigenvalue weighted by Gasteiger charge is -2.12. The van der Waals surface area contributed by atoms with Crippen LogP contribution in [0.4, 0.5) is 0 Å². The molecule has 0 aliphatic carbocycles. The van der Waals surface area contributed by atoms with E-state index in [1.165, 1.54) is 34.3 Å². The molecule has 1 amide bonds. The molecule has 4 aliphatic rings. The number of carbonyl (C=O) groups is 1. The number of ether oxygens (including phenoxy) is 1. The molecule has 1 aromatic rings. The average Bonchev–Trinajstić information content (AvgIpc) is 3.58. The first-order chi connectivity index (χ1) is 16.3. The highest BCUT2D eigenvalue weighted by Crippen LogP contribution is 2.22. The van der Waals surface area contributed by atoms with Crippen LogP contribution < -0.4 is 16.2 Å². The van der Waals surface area contributed by atoms with E-state index in [1.807, 2.05) is 37.0 Å². The zero-order valence-corrected chi connectivity index (χ0v) is 21.9. The molecular formula is C26H40N4O3S. The monoisotopic (exact) mass is 488 g/mol. The molecule has 0 unspecified atom stereocenters. The van der Waals surface area contributed by atoms with Gasteiger partial charge < -0.3 is 19.9 Å². The molecular weight excluding hydrogens is 448 g/mol. The number of amides is 1. The summed E-state index contributed by atoms with van der Waals surface area (Å²) >= 11 is 1.96.